The Labute approximate surface area is 695 Å². The van der Waals surface area contributed by atoms with Crippen molar-refractivity contribution < 1.29 is 292 Å². The third kappa shape index (κ3) is 24.4. The fraction of sp³-hybridized carbons (Fsp3) is 0.754. The molecule has 0 rings (SSSR count). The summed E-state index contributed by atoms with van der Waals surface area (Å²) in [6, 6.07) is 0. The largest absolute Gasteiger partial charge is 0.460 e. The second-order valence-corrected chi connectivity index (χ2v) is 25.8. The minimum absolute atomic E-state index is 0.00268. The van der Waals surface area contributed by atoms with Crippen molar-refractivity contribution in [3.8, 4) is 0 Å². The molecule has 0 unspecified atom stereocenters. The molecule has 782 valence electrons. The number of carbonyl (C=O) groups excluding carboxylic acids is 5. The van der Waals surface area contributed by atoms with E-state index < -0.39 is 273 Å². The number of likely N-dealkylation sites (N-methyl/N-ethyl adjacent to an activating group) is 5. The van der Waals surface area contributed by atoms with E-state index in [9.17, 15) is 292 Å². The number of amides is 5. The first-order chi connectivity index (χ1) is 56.9. The van der Waals surface area contributed by atoms with E-state index in [-0.39, 0.29) is 42.2 Å². The minimum atomic E-state index is -7.96. The van der Waals surface area contributed by atoms with E-state index in [1.54, 1.807) is 0 Å². The summed E-state index contributed by atoms with van der Waals surface area (Å²) >= 11 is 0. The molecule has 0 heterocycles. The summed E-state index contributed by atoms with van der Waals surface area (Å²) in [4.78, 5) is 55.4. The Morgan fingerprint density at radius 2 is 0.288 bits per heavy atom. The highest BCUT2D eigenvalue weighted by molar-refractivity contribution is 5.93. The van der Waals surface area contributed by atoms with Crippen molar-refractivity contribution in [3.05, 3.63) is 61.8 Å². The van der Waals surface area contributed by atoms with Crippen molar-refractivity contribution in [1.82, 2.24) is 24.5 Å². The fourth-order valence-electron chi connectivity index (χ4n) is 8.05. The van der Waals surface area contributed by atoms with Crippen LogP contribution in [0.25, 0.3) is 0 Å². The Balaban J connectivity index is -0.000000510. The maximum atomic E-state index is 13.7. The molecule has 5 amide bonds. The van der Waals surface area contributed by atoms with Gasteiger partial charge in [0, 0.05) is 49.4 Å². The highest BCUT2D eigenvalue weighted by Crippen LogP contribution is 2.66. The predicted molar refractivity (Wildman–Crippen MR) is 320 cm³/mol. The molecule has 0 N–H and O–H groups in total. The van der Waals surface area contributed by atoms with Crippen LogP contribution in [0.5, 0.6) is 0 Å². The molecule has 0 bridgehead atoms. The molecule has 0 radical (unpaired) electrons. The van der Waals surface area contributed by atoms with E-state index in [0.717, 1.165) is 55.4 Å². The molecule has 0 fully saturated rings. The van der Waals surface area contributed by atoms with Crippen molar-refractivity contribution in [1.29, 1.82) is 0 Å². The molecule has 0 saturated heterocycles. The van der Waals surface area contributed by atoms with E-state index in [0.29, 0.717) is 0 Å². The summed E-state index contributed by atoms with van der Waals surface area (Å²) in [7, 11) is 0. The van der Waals surface area contributed by atoms with Crippen LogP contribution < -0.4 is 0 Å². The zero-order valence-electron chi connectivity index (χ0n) is 65.1. The van der Waals surface area contributed by atoms with Crippen LogP contribution in [0.15, 0.2) is 61.8 Å². The molecule has 0 aromatic heterocycles. The Morgan fingerprint density at radius 1 is 0.189 bits per heavy atom. The van der Waals surface area contributed by atoms with Crippen LogP contribution in [-0.2, 0) is 24.0 Å². The van der Waals surface area contributed by atoms with Crippen molar-refractivity contribution in [2.75, 3.05) is 65.4 Å². The lowest BCUT2D eigenvalue weighted by atomic mass is 9.93. The van der Waals surface area contributed by atoms with Crippen molar-refractivity contribution in [2.24, 2.45) is 0 Å². The van der Waals surface area contributed by atoms with Crippen molar-refractivity contribution in [2.45, 2.75) is 222 Å². The van der Waals surface area contributed by atoms with Gasteiger partial charge in [0.2, 0.25) is 29.5 Å². The number of rotatable bonds is 38. The zero-order valence-corrected chi connectivity index (χ0v) is 65.1. The van der Waals surface area contributed by atoms with E-state index in [1.165, 1.54) is 0 Å². The molecule has 132 heavy (non-hydrogen) atoms. The minimum Gasteiger partial charge on any atom is -0.333 e. The molecule has 10 nitrogen and oxygen atoms in total. The van der Waals surface area contributed by atoms with Gasteiger partial charge in [-0.1, -0.05) is 32.9 Å². The molecule has 0 atom stereocenters. The van der Waals surface area contributed by atoms with Gasteiger partial charge in [-0.3, -0.25) is 24.0 Å². The molecule has 0 aliphatic heterocycles. The highest BCUT2D eigenvalue weighted by atomic mass is 19.5. The molecular formula is C61H56F61N5O5. The Hall–Kier alpha value is -8.22. The molecule has 71 heteroatoms. The molecule has 0 aliphatic carbocycles. The van der Waals surface area contributed by atoms with E-state index >= 15 is 0 Å². The van der Waals surface area contributed by atoms with Gasteiger partial charge in [0.15, 0.2) is 0 Å². The number of nitrogens with zero attached hydrogens (tertiary/aromatic N) is 5. The molecule has 0 aliphatic rings. The summed E-state index contributed by atoms with van der Waals surface area (Å²) in [6.07, 6.45) is -36.2. The van der Waals surface area contributed by atoms with Gasteiger partial charge < -0.3 is 24.5 Å². The van der Waals surface area contributed by atoms with Gasteiger partial charge in [-0.25, -0.2) is 0 Å². The van der Waals surface area contributed by atoms with Gasteiger partial charge >= 0.3 is 167 Å². The maximum absolute atomic E-state index is 13.7. The second kappa shape index (κ2) is 41.0. The van der Waals surface area contributed by atoms with Crippen LogP contribution in [0, 0.1) is 0 Å². The summed E-state index contributed by atoms with van der Waals surface area (Å²) in [5.74, 6) is -176. The second-order valence-electron chi connectivity index (χ2n) is 25.8. The monoisotopic (exact) mass is 2100 g/mol. The van der Waals surface area contributed by atoms with E-state index in [2.05, 4.69) is 32.9 Å². The predicted octanol–water partition coefficient (Wildman–Crippen LogP) is 23.7. The van der Waals surface area contributed by atoms with Gasteiger partial charge in [0.25, 0.3) is 0 Å². The number of halogens is 61. The standard InChI is InChI=1S/2C13H12F13NO.2C12H10F13NO.C11H12F9NO/c2*1-4-27(7(28)6(2)3)5-8(14,15)9(16,17)10(18,19)11(20,21)12(22,23)13(24,25)26;2*1-3-6(27)26(4-2)5-7(13,14)8(15,16)9(17,18)10(19,20)11(21,22)12(23,24)25;1-4-21(7(22)6(2)3)5-8(12,13)9(14,15)10(16,17)11(18,19)20/h2*2,4-5H2,1,3H3;2*3H,1,4-5H2,2H3;2,4-5H2,1,3H3. The molecule has 0 saturated carbocycles. The van der Waals surface area contributed by atoms with Crippen LogP contribution in [0.3, 0.4) is 0 Å². The van der Waals surface area contributed by atoms with Crippen LogP contribution >= 0.6 is 0 Å². The smallest absolute Gasteiger partial charge is 0.333 e. The van der Waals surface area contributed by atoms with Crippen LogP contribution in [0.2, 0.25) is 0 Å². The van der Waals surface area contributed by atoms with Crippen molar-refractivity contribution >= 4 is 29.5 Å². The average molecular weight is 2100 g/mol. The third-order valence-corrected chi connectivity index (χ3v) is 16.0. The normalized spacial score (nSPS) is 14.7. The first-order valence-corrected chi connectivity index (χ1v) is 32.6. The summed E-state index contributed by atoms with van der Waals surface area (Å²) < 4.78 is 785. The fourth-order valence-corrected chi connectivity index (χ4v) is 8.05. The average Bonchev–Trinajstić information content (AvgIpc) is 0.724. The Bertz CT molecular complexity index is 3730. The van der Waals surface area contributed by atoms with Crippen LogP contribution in [0.1, 0.15) is 55.4 Å². The van der Waals surface area contributed by atoms with Gasteiger partial charge in [-0.15, -0.1) is 0 Å². The lowest BCUT2D eigenvalue weighted by Crippen LogP contribution is -2.71. The molecule has 0 spiro atoms. The van der Waals surface area contributed by atoms with Crippen LogP contribution in [-0.4, -0.2) is 287 Å². The Kier molecular flexibility index (Phi) is 41.1. The van der Waals surface area contributed by atoms with Crippen molar-refractivity contribution in [3.63, 3.8) is 0 Å². The zero-order chi connectivity index (χ0) is 109. The SMILES string of the molecule is C=C(C)C(=O)N(CC)CC(F)(F)C(F)(F)C(F)(F)C(F)(F)C(F)(F)C(F)(F)F.C=C(C)C(=O)N(CC)CC(F)(F)C(F)(F)C(F)(F)C(F)(F)C(F)(F)C(F)(F)F.C=C(C)C(=O)N(CC)CC(F)(F)C(F)(F)C(F)(F)C(F)(F)F.C=CC(=O)N(CC)CC(F)(F)C(F)(F)C(F)(F)C(F)(F)C(F)(F)C(F)(F)F.C=CC(=O)N(CC)CC(F)(F)C(F)(F)C(F)(F)C(F)(F)C(F)(F)C(F)(F)F. The Morgan fingerprint density at radius 3 is 0.386 bits per heavy atom. The topological polar surface area (TPSA) is 102 Å². The van der Waals surface area contributed by atoms with Crippen LogP contribution in [0.4, 0.5) is 268 Å². The van der Waals surface area contributed by atoms with Gasteiger partial charge in [0.1, 0.15) is 0 Å². The summed E-state index contributed by atoms with van der Waals surface area (Å²) in [5, 5.41) is 0. The number of hydrogen-bond donors (Lipinski definition) is 0. The number of alkyl halides is 61. The summed E-state index contributed by atoms with van der Waals surface area (Å²) in [6.45, 7) is 4.64. The lowest BCUT2D eigenvalue weighted by molar-refractivity contribution is -0.440. The van der Waals surface area contributed by atoms with Gasteiger partial charge in [-0.2, -0.15) is 268 Å². The number of carbonyl (C=O) groups is 5. The summed E-state index contributed by atoms with van der Waals surface area (Å²) in [5.41, 5.74) is -1.51. The number of hydrogen-bond acceptors (Lipinski definition) is 5. The quantitative estimate of drug-likeness (QED) is 0.0453. The molecular weight excluding hydrogens is 2040 g/mol. The maximum Gasteiger partial charge on any atom is 0.460 e. The highest BCUT2D eigenvalue weighted by Gasteiger charge is 2.96. The first-order valence-electron chi connectivity index (χ1n) is 32.6. The lowest BCUT2D eigenvalue weighted by Gasteiger charge is -2.40. The van der Waals surface area contributed by atoms with Gasteiger partial charge in [-0.05, 0) is 67.5 Å². The third-order valence-electron chi connectivity index (χ3n) is 16.0. The molecule has 0 aromatic rings. The molecule has 0 aromatic carbocycles. The van der Waals surface area contributed by atoms with E-state index in [4.69, 9.17) is 0 Å². The van der Waals surface area contributed by atoms with E-state index in [1.807, 2.05) is 0 Å². The van der Waals surface area contributed by atoms with Gasteiger partial charge in [0.05, 0.1) is 32.7 Å². The first kappa shape index (κ1) is 132.